The lowest BCUT2D eigenvalue weighted by Crippen LogP contribution is -2.08. The van der Waals surface area contributed by atoms with E-state index in [0.717, 1.165) is 5.56 Å². The van der Waals surface area contributed by atoms with Crippen LogP contribution in [0.2, 0.25) is 0 Å². The van der Waals surface area contributed by atoms with E-state index in [9.17, 15) is 9.59 Å². The fourth-order valence-corrected chi connectivity index (χ4v) is 1.86. The molecule has 0 fully saturated rings. The molecule has 0 N–H and O–H groups in total. The molecule has 116 valence electrons. The molecule has 1 rings (SSSR count). The molecule has 0 aliphatic heterocycles. The smallest absolute Gasteiger partial charge is 0.338 e. The van der Waals surface area contributed by atoms with Gasteiger partial charge in [-0.25, -0.2) is 4.79 Å². The van der Waals surface area contributed by atoms with E-state index in [0.29, 0.717) is 37.6 Å². The highest BCUT2D eigenvalue weighted by Gasteiger charge is 2.12. The van der Waals surface area contributed by atoms with Gasteiger partial charge in [-0.1, -0.05) is 6.07 Å². The van der Waals surface area contributed by atoms with Gasteiger partial charge in [0.25, 0.3) is 0 Å². The van der Waals surface area contributed by atoms with Crippen LogP contribution < -0.4 is 4.74 Å². The number of esters is 2. The second kappa shape index (κ2) is 9.00. The molecule has 0 saturated carbocycles. The average molecular weight is 294 g/mol. The average Bonchev–Trinajstić information content (AvgIpc) is 2.46. The van der Waals surface area contributed by atoms with Crippen molar-refractivity contribution in [1.82, 2.24) is 0 Å². The first kappa shape index (κ1) is 17.0. The molecule has 21 heavy (non-hydrogen) atoms. The Morgan fingerprint density at radius 1 is 1.00 bits per heavy atom. The molecular formula is C16H22O5. The largest absolute Gasteiger partial charge is 0.494 e. The molecule has 0 unspecified atom stereocenters. The van der Waals surface area contributed by atoms with Crippen LogP contribution in [0.25, 0.3) is 0 Å². The van der Waals surface area contributed by atoms with Gasteiger partial charge >= 0.3 is 11.9 Å². The van der Waals surface area contributed by atoms with Crippen molar-refractivity contribution in [2.45, 2.75) is 33.6 Å². The fraction of sp³-hybridized carbons (Fsp3) is 0.500. The highest BCUT2D eigenvalue weighted by molar-refractivity contribution is 5.90. The zero-order chi connectivity index (χ0) is 15.7. The lowest BCUT2D eigenvalue weighted by atomic mass is 10.1. The van der Waals surface area contributed by atoms with Gasteiger partial charge in [-0.2, -0.15) is 0 Å². The van der Waals surface area contributed by atoms with Gasteiger partial charge in [-0.3, -0.25) is 4.79 Å². The van der Waals surface area contributed by atoms with Gasteiger partial charge in [0.2, 0.25) is 0 Å². The topological polar surface area (TPSA) is 61.8 Å². The predicted molar refractivity (Wildman–Crippen MR) is 78.5 cm³/mol. The first-order valence-electron chi connectivity index (χ1n) is 7.20. The second-order valence-corrected chi connectivity index (χ2v) is 4.28. The van der Waals surface area contributed by atoms with Gasteiger partial charge in [-0.15, -0.1) is 0 Å². The lowest BCUT2D eigenvalue weighted by molar-refractivity contribution is -0.143. The van der Waals surface area contributed by atoms with Crippen LogP contribution in [0.3, 0.4) is 0 Å². The maximum absolute atomic E-state index is 11.7. The van der Waals surface area contributed by atoms with Crippen LogP contribution in [-0.4, -0.2) is 31.8 Å². The minimum atomic E-state index is -0.379. The van der Waals surface area contributed by atoms with E-state index in [1.54, 1.807) is 32.0 Å². The van der Waals surface area contributed by atoms with Crippen molar-refractivity contribution < 1.29 is 23.8 Å². The first-order chi connectivity index (χ1) is 10.1. The number of aryl methyl sites for hydroxylation is 1. The van der Waals surface area contributed by atoms with Crippen LogP contribution in [0.15, 0.2) is 18.2 Å². The number of benzene rings is 1. The number of hydrogen-bond donors (Lipinski definition) is 0. The Kier molecular flexibility index (Phi) is 7.29. The van der Waals surface area contributed by atoms with Crippen molar-refractivity contribution in [3.05, 3.63) is 29.3 Å². The highest BCUT2D eigenvalue weighted by Crippen LogP contribution is 2.23. The van der Waals surface area contributed by atoms with Crippen molar-refractivity contribution in [2.75, 3.05) is 19.8 Å². The molecule has 0 bridgehead atoms. The van der Waals surface area contributed by atoms with E-state index in [-0.39, 0.29) is 18.4 Å². The summed E-state index contributed by atoms with van der Waals surface area (Å²) in [4.78, 5) is 23.1. The normalized spacial score (nSPS) is 10.0. The third kappa shape index (κ3) is 5.45. The molecule has 1 aromatic rings. The van der Waals surface area contributed by atoms with Crippen molar-refractivity contribution in [2.24, 2.45) is 0 Å². The summed E-state index contributed by atoms with van der Waals surface area (Å²) in [5, 5.41) is 0. The van der Waals surface area contributed by atoms with Crippen LogP contribution in [0.5, 0.6) is 5.75 Å². The summed E-state index contributed by atoms with van der Waals surface area (Å²) in [6.45, 7) is 6.59. The third-order valence-corrected chi connectivity index (χ3v) is 2.78. The Bertz CT molecular complexity index is 482. The van der Waals surface area contributed by atoms with Crippen LogP contribution in [0, 0.1) is 0 Å². The summed E-state index contributed by atoms with van der Waals surface area (Å²) in [7, 11) is 0. The van der Waals surface area contributed by atoms with Crippen LogP contribution in [0.4, 0.5) is 0 Å². The van der Waals surface area contributed by atoms with E-state index in [1.807, 2.05) is 6.92 Å². The molecule has 0 aliphatic carbocycles. The zero-order valence-electron chi connectivity index (χ0n) is 12.8. The molecule has 0 saturated heterocycles. The number of rotatable bonds is 8. The molecular weight excluding hydrogens is 272 g/mol. The van der Waals surface area contributed by atoms with Gasteiger partial charge in [0.05, 0.1) is 25.4 Å². The molecule has 0 amide bonds. The molecule has 0 aromatic heterocycles. The van der Waals surface area contributed by atoms with E-state index in [1.165, 1.54) is 0 Å². The van der Waals surface area contributed by atoms with Crippen molar-refractivity contribution >= 4 is 11.9 Å². The van der Waals surface area contributed by atoms with Crippen molar-refractivity contribution in [1.29, 1.82) is 0 Å². The number of hydrogen-bond acceptors (Lipinski definition) is 5. The van der Waals surface area contributed by atoms with Crippen LogP contribution in [0.1, 0.15) is 43.1 Å². The van der Waals surface area contributed by atoms with Crippen molar-refractivity contribution in [3.63, 3.8) is 0 Å². The second-order valence-electron chi connectivity index (χ2n) is 4.28. The lowest BCUT2D eigenvalue weighted by Gasteiger charge is -2.12. The van der Waals surface area contributed by atoms with Crippen molar-refractivity contribution in [3.8, 4) is 5.75 Å². The fourth-order valence-electron chi connectivity index (χ4n) is 1.86. The van der Waals surface area contributed by atoms with E-state index in [4.69, 9.17) is 14.2 Å². The molecule has 0 atom stereocenters. The summed E-state index contributed by atoms with van der Waals surface area (Å²) >= 11 is 0. The Morgan fingerprint density at radius 3 is 2.33 bits per heavy atom. The van der Waals surface area contributed by atoms with E-state index < -0.39 is 0 Å². The van der Waals surface area contributed by atoms with Gasteiger partial charge in [-0.05, 0) is 44.9 Å². The molecule has 1 aromatic carbocycles. The maximum atomic E-state index is 11.7. The standard InChI is InChI=1S/C16H22O5/c1-4-19-14-11-13(16(18)21-6-3)8-7-12(14)9-10-15(17)20-5-2/h7-8,11H,4-6,9-10H2,1-3H3. The summed E-state index contributed by atoms with van der Waals surface area (Å²) in [5.74, 6) is -0.0165. The molecule has 5 heteroatoms. The molecule has 0 heterocycles. The summed E-state index contributed by atoms with van der Waals surface area (Å²) in [6, 6.07) is 5.12. The monoisotopic (exact) mass is 294 g/mol. The molecule has 0 aliphatic rings. The van der Waals surface area contributed by atoms with Gasteiger partial charge in [0.15, 0.2) is 0 Å². The molecule has 0 spiro atoms. The minimum Gasteiger partial charge on any atom is -0.494 e. The number of carbonyl (C=O) groups excluding carboxylic acids is 2. The third-order valence-electron chi connectivity index (χ3n) is 2.78. The predicted octanol–water partition coefficient (Wildman–Crippen LogP) is 2.76. The summed E-state index contributed by atoms with van der Waals surface area (Å²) in [6.07, 6.45) is 0.796. The van der Waals surface area contributed by atoms with E-state index in [2.05, 4.69) is 0 Å². The molecule has 5 nitrogen and oxygen atoms in total. The Labute approximate surface area is 125 Å². The van der Waals surface area contributed by atoms with Crippen LogP contribution in [-0.2, 0) is 20.7 Å². The van der Waals surface area contributed by atoms with Gasteiger partial charge < -0.3 is 14.2 Å². The summed E-state index contributed by atoms with van der Waals surface area (Å²) in [5.41, 5.74) is 1.32. The Balaban J connectivity index is 2.83. The Hall–Kier alpha value is -2.04. The highest BCUT2D eigenvalue weighted by atomic mass is 16.5. The Morgan fingerprint density at radius 2 is 1.71 bits per heavy atom. The van der Waals surface area contributed by atoms with E-state index >= 15 is 0 Å². The molecule has 0 radical (unpaired) electrons. The van der Waals surface area contributed by atoms with Gasteiger partial charge in [0.1, 0.15) is 5.75 Å². The number of ether oxygens (including phenoxy) is 3. The number of carbonyl (C=O) groups is 2. The van der Waals surface area contributed by atoms with Crippen LogP contribution >= 0.6 is 0 Å². The van der Waals surface area contributed by atoms with Gasteiger partial charge in [0, 0.05) is 6.42 Å². The quantitative estimate of drug-likeness (QED) is 0.690. The SMILES string of the molecule is CCOC(=O)CCc1ccc(C(=O)OCC)cc1OCC. The minimum absolute atomic E-state index is 0.241. The zero-order valence-corrected chi connectivity index (χ0v) is 12.8. The maximum Gasteiger partial charge on any atom is 0.338 e. The summed E-state index contributed by atoms with van der Waals surface area (Å²) < 4.78 is 15.4. The first-order valence-corrected chi connectivity index (χ1v) is 7.20.